The smallest absolute Gasteiger partial charge is 0.421 e. The normalized spacial score (nSPS) is 17.5. The zero-order chi connectivity index (χ0) is 33.4. The number of ether oxygens (including phenoxy) is 9. The Balaban J connectivity index is 1.83. The molecule has 13 nitrogen and oxygen atoms in total. The molecule has 0 aromatic heterocycles. The first-order valence-electron chi connectivity index (χ1n) is 14.6. The van der Waals surface area contributed by atoms with Crippen LogP contribution < -0.4 is 18.9 Å². The number of hydrogen-bond donors (Lipinski definition) is 0. The number of cyclic esters (lactones) is 1. The Kier molecular flexibility index (Phi) is 10.9. The molecule has 0 N–H and O–H groups in total. The molecular weight excluding hydrogens is 602 g/mol. The van der Waals surface area contributed by atoms with Gasteiger partial charge in [0.25, 0.3) is 0 Å². The van der Waals surface area contributed by atoms with Crippen molar-refractivity contribution >= 4 is 18.0 Å². The SMILES string of the molecule is CCOC(=O)C(CC(C)C)N(C(=O)OC1(c2ccc(OC)cc2)OC(=O)C=C1Cc1cc(OC)c(OC)c(OC)c1)C1=COCO1. The molecule has 2 aliphatic heterocycles. The number of amides is 1. The third kappa shape index (κ3) is 7.08. The summed E-state index contributed by atoms with van der Waals surface area (Å²) in [7, 11) is 5.97. The van der Waals surface area contributed by atoms with Crippen molar-refractivity contribution in [1.29, 1.82) is 0 Å². The second-order valence-corrected chi connectivity index (χ2v) is 10.7. The molecule has 2 aromatic carbocycles. The lowest BCUT2D eigenvalue weighted by molar-refractivity contribution is -0.190. The Hall–Kier alpha value is -5.07. The Morgan fingerprint density at radius 3 is 2.17 bits per heavy atom. The van der Waals surface area contributed by atoms with E-state index in [0.717, 1.165) is 4.90 Å². The largest absolute Gasteiger partial charge is 0.497 e. The molecule has 4 rings (SSSR count). The molecule has 0 aliphatic carbocycles. The maximum Gasteiger partial charge on any atom is 0.421 e. The average molecular weight is 642 g/mol. The Bertz CT molecular complexity index is 1460. The van der Waals surface area contributed by atoms with Gasteiger partial charge in [0, 0.05) is 23.6 Å². The summed E-state index contributed by atoms with van der Waals surface area (Å²) >= 11 is 0. The first-order valence-corrected chi connectivity index (χ1v) is 14.6. The van der Waals surface area contributed by atoms with Crippen LogP contribution in [-0.4, -0.2) is 70.8 Å². The van der Waals surface area contributed by atoms with E-state index in [1.54, 1.807) is 43.3 Å². The number of carbonyl (C=O) groups is 3. The van der Waals surface area contributed by atoms with Crippen molar-refractivity contribution < 1.29 is 57.0 Å². The van der Waals surface area contributed by atoms with Crippen molar-refractivity contribution in [3.63, 3.8) is 0 Å². The van der Waals surface area contributed by atoms with Gasteiger partial charge in [-0.2, -0.15) is 0 Å². The van der Waals surface area contributed by atoms with Gasteiger partial charge < -0.3 is 42.6 Å². The van der Waals surface area contributed by atoms with Gasteiger partial charge in [-0.25, -0.2) is 19.3 Å². The predicted octanol–water partition coefficient (Wildman–Crippen LogP) is 4.82. The van der Waals surface area contributed by atoms with Gasteiger partial charge in [-0.15, -0.1) is 0 Å². The molecule has 0 fully saturated rings. The van der Waals surface area contributed by atoms with E-state index >= 15 is 0 Å². The van der Waals surface area contributed by atoms with E-state index in [-0.39, 0.29) is 43.6 Å². The molecule has 2 heterocycles. The molecule has 1 amide bonds. The second-order valence-electron chi connectivity index (χ2n) is 10.7. The van der Waals surface area contributed by atoms with E-state index in [2.05, 4.69) is 0 Å². The Morgan fingerprint density at radius 2 is 1.65 bits per heavy atom. The van der Waals surface area contributed by atoms with Crippen molar-refractivity contribution in [1.82, 2.24) is 4.90 Å². The van der Waals surface area contributed by atoms with E-state index in [4.69, 9.17) is 42.6 Å². The summed E-state index contributed by atoms with van der Waals surface area (Å²) in [5.41, 5.74) is 1.21. The van der Waals surface area contributed by atoms with Gasteiger partial charge in [-0.05, 0) is 61.2 Å². The highest BCUT2D eigenvalue weighted by Gasteiger charge is 2.51. The summed E-state index contributed by atoms with van der Waals surface area (Å²) in [6, 6.07) is 8.79. The third-order valence-electron chi connectivity index (χ3n) is 7.24. The van der Waals surface area contributed by atoms with Crippen molar-refractivity contribution in [2.75, 3.05) is 41.8 Å². The summed E-state index contributed by atoms with van der Waals surface area (Å²) in [5, 5.41) is 0. The number of methoxy groups -OCH3 is 4. The Labute approximate surface area is 267 Å². The zero-order valence-electron chi connectivity index (χ0n) is 26.9. The topological polar surface area (TPSA) is 138 Å². The van der Waals surface area contributed by atoms with E-state index in [1.807, 2.05) is 13.8 Å². The van der Waals surface area contributed by atoms with E-state index in [9.17, 15) is 14.4 Å². The van der Waals surface area contributed by atoms with Crippen molar-refractivity contribution in [3.8, 4) is 23.0 Å². The fourth-order valence-corrected chi connectivity index (χ4v) is 5.19. The van der Waals surface area contributed by atoms with Crippen LogP contribution in [0.2, 0.25) is 0 Å². The molecule has 13 heteroatoms. The monoisotopic (exact) mass is 641 g/mol. The summed E-state index contributed by atoms with van der Waals surface area (Å²) < 4.78 is 50.0. The van der Waals surface area contributed by atoms with Gasteiger partial charge in [0.2, 0.25) is 18.4 Å². The quantitative estimate of drug-likeness (QED) is 0.262. The number of carbonyl (C=O) groups excluding carboxylic acids is 3. The number of rotatable bonds is 14. The number of hydrogen-bond acceptors (Lipinski definition) is 12. The molecule has 2 atom stereocenters. The van der Waals surface area contributed by atoms with Crippen molar-refractivity contribution in [3.05, 3.63) is 71.3 Å². The fourth-order valence-electron chi connectivity index (χ4n) is 5.19. The number of esters is 2. The molecule has 46 heavy (non-hydrogen) atoms. The first-order chi connectivity index (χ1) is 22.1. The van der Waals surface area contributed by atoms with Crippen LogP contribution in [0.1, 0.15) is 38.3 Å². The number of nitrogens with zero attached hydrogens (tertiary/aromatic N) is 1. The van der Waals surface area contributed by atoms with E-state index in [1.165, 1.54) is 40.8 Å². The fraction of sp³-hybridized carbons (Fsp3) is 0.424. The summed E-state index contributed by atoms with van der Waals surface area (Å²) in [4.78, 5) is 41.6. The van der Waals surface area contributed by atoms with Crippen LogP contribution in [0.25, 0.3) is 0 Å². The van der Waals surface area contributed by atoms with E-state index < -0.39 is 29.9 Å². The van der Waals surface area contributed by atoms with Gasteiger partial charge in [0.15, 0.2) is 11.5 Å². The summed E-state index contributed by atoms with van der Waals surface area (Å²) in [6.45, 7) is 5.36. The van der Waals surface area contributed by atoms with Crippen LogP contribution in [0, 0.1) is 5.92 Å². The van der Waals surface area contributed by atoms with Crippen LogP contribution in [0.5, 0.6) is 23.0 Å². The molecule has 0 radical (unpaired) electrons. The molecule has 0 saturated heterocycles. The van der Waals surface area contributed by atoms with Gasteiger partial charge in [0.05, 0.1) is 35.0 Å². The van der Waals surface area contributed by atoms with Crippen LogP contribution in [-0.2, 0) is 45.5 Å². The molecule has 2 aromatic rings. The average Bonchev–Trinajstić information content (AvgIpc) is 3.68. The van der Waals surface area contributed by atoms with Gasteiger partial charge >= 0.3 is 23.8 Å². The lowest BCUT2D eigenvalue weighted by Gasteiger charge is -2.35. The molecule has 2 unspecified atom stereocenters. The molecule has 0 bridgehead atoms. The number of benzene rings is 2. The lowest BCUT2D eigenvalue weighted by Crippen LogP contribution is -2.49. The van der Waals surface area contributed by atoms with E-state index in [0.29, 0.717) is 34.1 Å². The highest BCUT2D eigenvalue weighted by molar-refractivity contribution is 5.88. The van der Waals surface area contributed by atoms with Crippen LogP contribution in [0.15, 0.2) is 60.2 Å². The molecule has 248 valence electrons. The van der Waals surface area contributed by atoms with Gasteiger partial charge in [0.1, 0.15) is 18.1 Å². The van der Waals surface area contributed by atoms with Crippen LogP contribution in [0.3, 0.4) is 0 Å². The highest BCUT2D eigenvalue weighted by Crippen LogP contribution is 2.45. The zero-order valence-corrected chi connectivity index (χ0v) is 26.9. The first kappa shape index (κ1) is 33.8. The van der Waals surface area contributed by atoms with Crippen LogP contribution in [0.4, 0.5) is 4.79 Å². The van der Waals surface area contributed by atoms with Crippen molar-refractivity contribution in [2.24, 2.45) is 5.92 Å². The Morgan fingerprint density at radius 1 is 0.978 bits per heavy atom. The standard InChI is InChI=1S/C33H39NO12/c1-8-43-31(36)25(13-20(2)3)34(28-18-42-19-44-28)32(37)46-33(22-9-11-24(38-4)12-10-22)23(17-29(35)45-33)14-21-15-26(39-5)30(41-7)27(16-21)40-6/h9-12,15-18,20,25H,8,13-14,19H2,1-7H3. The van der Waals surface area contributed by atoms with Crippen LogP contribution >= 0.6 is 0 Å². The minimum absolute atomic E-state index is 0.0389. The summed E-state index contributed by atoms with van der Waals surface area (Å²) in [6.07, 6.45) is 1.68. The highest BCUT2D eigenvalue weighted by atomic mass is 16.8. The predicted molar refractivity (Wildman–Crippen MR) is 162 cm³/mol. The minimum atomic E-state index is -2.06. The molecule has 0 spiro atoms. The second kappa shape index (κ2) is 14.8. The maximum atomic E-state index is 14.3. The molecular formula is C33H39NO12. The molecule has 2 aliphatic rings. The lowest BCUT2D eigenvalue weighted by atomic mass is 9.92. The van der Waals surface area contributed by atoms with Gasteiger partial charge in [-0.3, -0.25) is 0 Å². The third-order valence-corrected chi connectivity index (χ3v) is 7.24. The molecule has 0 saturated carbocycles. The van der Waals surface area contributed by atoms with Crippen molar-refractivity contribution in [2.45, 2.75) is 45.4 Å². The maximum absolute atomic E-state index is 14.3. The summed E-state index contributed by atoms with van der Waals surface area (Å²) in [5.74, 6) is -1.90. The minimum Gasteiger partial charge on any atom is -0.497 e. The van der Waals surface area contributed by atoms with Gasteiger partial charge in [-0.1, -0.05) is 13.8 Å².